The molecule has 2 fully saturated rings. The minimum Gasteiger partial charge on any atom is -0.376 e. The minimum atomic E-state index is -4.50. The maximum atomic E-state index is 13.8. The number of halogens is 3. The number of alkyl halides is 2. The number of rotatable bonds is 16. The molecule has 11 nitrogen and oxygen atoms in total. The molecule has 320 valence electrons. The van der Waals surface area contributed by atoms with E-state index in [0.29, 0.717) is 23.7 Å². The highest BCUT2D eigenvalue weighted by atomic mass is 35.5. The van der Waals surface area contributed by atoms with Gasteiger partial charge in [0.2, 0.25) is 0 Å². The highest BCUT2D eigenvalue weighted by Gasteiger charge is 2.34. The van der Waals surface area contributed by atoms with Crippen molar-refractivity contribution in [3.63, 3.8) is 0 Å². The largest absolute Gasteiger partial charge is 0.376 e. The van der Waals surface area contributed by atoms with E-state index in [9.17, 15) is 32.1 Å². The first-order valence-electron chi connectivity index (χ1n) is 20.1. The number of amides is 1. The maximum Gasteiger partial charge on any atom is 0.293 e. The van der Waals surface area contributed by atoms with Crippen molar-refractivity contribution in [1.29, 1.82) is 0 Å². The van der Waals surface area contributed by atoms with Crippen molar-refractivity contribution in [1.82, 2.24) is 14.5 Å². The van der Waals surface area contributed by atoms with Gasteiger partial charge in [0.15, 0.2) is 0 Å². The number of carbonyl (C=O) groups excluding carboxylic acids is 1. The number of thioether (sulfide) groups is 1. The van der Waals surface area contributed by atoms with Crippen LogP contribution < -0.4 is 14.9 Å². The third-order valence-electron chi connectivity index (χ3n) is 11.1. The molecule has 2 heterocycles. The van der Waals surface area contributed by atoms with Crippen LogP contribution in [0.1, 0.15) is 35.2 Å². The van der Waals surface area contributed by atoms with Crippen molar-refractivity contribution in [3.05, 3.63) is 148 Å². The van der Waals surface area contributed by atoms with Gasteiger partial charge in [0.05, 0.1) is 9.82 Å². The molecular weight excluding hydrogens is 842 g/mol. The van der Waals surface area contributed by atoms with E-state index >= 15 is 0 Å². The van der Waals surface area contributed by atoms with Gasteiger partial charge in [0.25, 0.3) is 27.5 Å². The van der Waals surface area contributed by atoms with E-state index in [1.54, 1.807) is 36.0 Å². The summed E-state index contributed by atoms with van der Waals surface area (Å²) in [5.74, 6) is -3.03. The quantitative estimate of drug-likeness (QED) is 0.0563. The molecular formula is C45H47ClF2N6O5S2. The van der Waals surface area contributed by atoms with Crippen LogP contribution in [0, 0.1) is 10.1 Å². The molecule has 0 spiro atoms. The van der Waals surface area contributed by atoms with Crippen LogP contribution in [0.2, 0.25) is 5.02 Å². The Bertz CT molecular complexity index is 2400. The summed E-state index contributed by atoms with van der Waals surface area (Å²) < 4.78 is 56.5. The fourth-order valence-corrected chi connectivity index (χ4v) is 9.68. The number of nitro groups is 1. The zero-order valence-corrected chi connectivity index (χ0v) is 35.8. The maximum absolute atomic E-state index is 13.8. The van der Waals surface area contributed by atoms with E-state index in [-0.39, 0.29) is 43.2 Å². The van der Waals surface area contributed by atoms with Gasteiger partial charge in [-0.25, -0.2) is 21.9 Å². The average Bonchev–Trinajstić information content (AvgIpc) is 3.26. The Morgan fingerprint density at radius 3 is 2.20 bits per heavy atom. The molecule has 5 aromatic carbocycles. The third-order valence-corrected chi connectivity index (χ3v) is 13.8. The van der Waals surface area contributed by atoms with Crippen molar-refractivity contribution in [2.75, 3.05) is 61.8 Å². The van der Waals surface area contributed by atoms with Crippen LogP contribution >= 0.6 is 23.4 Å². The minimum absolute atomic E-state index is 0.110. The second kappa shape index (κ2) is 19.8. The molecule has 1 atom stereocenters. The molecule has 0 aliphatic carbocycles. The lowest BCUT2D eigenvalue weighted by Gasteiger charge is -2.36. The summed E-state index contributed by atoms with van der Waals surface area (Å²) in [6, 6.07) is 35.7. The lowest BCUT2D eigenvalue weighted by molar-refractivity contribution is -0.384. The predicted octanol–water partition coefficient (Wildman–Crippen LogP) is 9.05. The SMILES string of the molecule is O=C(NS(=O)(=O)c1ccc(N[C@H](CCN2CCC(F)(F)CC2)CSc2ccccc2)c([N+](=O)[O-])c1)c1ccc(N2CCN(Cc3ccccc3-c3ccc(Cl)cc3)CC2)cc1. The van der Waals surface area contributed by atoms with Gasteiger partial charge >= 0.3 is 0 Å². The Morgan fingerprint density at radius 1 is 0.836 bits per heavy atom. The normalized spacial score (nSPS) is 16.5. The van der Waals surface area contributed by atoms with E-state index < -0.39 is 37.4 Å². The Labute approximate surface area is 364 Å². The van der Waals surface area contributed by atoms with Crippen LogP contribution in [0.5, 0.6) is 0 Å². The molecule has 2 saturated heterocycles. The molecule has 2 N–H and O–H groups in total. The molecule has 61 heavy (non-hydrogen) atoms. The standard InChI is InChI=1S/C45H47ClF2N6O5S2/c46-36-14-10-33(11-15-36)41-9-5-4-6-35(41)31-52-26-28-53(29-27-52)38-16-12-34(13-17-38)44(55)50-61(58,59)40-18-19-42(43(30-40)54(56)57)49-37(32-60-39-7-2-1-3-8-39)20-23-51-24-21-45(47,48)22-25-51/h1-19,30,37,49H,20-29,31-32H2,(H,50,55)/t37-/m1/s1. The van der Waals surface area contributed by atoms with Crippen LogP contribution in [0.25, 0.3) is 11.1 Å². The Morgan fingerprint density at radius 2 is 1.51 bits per heavy atom. The molecule has 1 amide bonds. The zero-order valence-electron chi connectivity index (χ0n) is 33.4. The van der Waals surface area contributed by atoms with Gasteiger partial charge in [-0.3, -0.25) is 19.8 Å². The fraction of sp³-hybridized carbons (Fsp3) is 0.311. The number of hydrogen-bond acceptors (Lipinski definition) is 10. The van der Waals surface area contributed by atoms with Crippen molar-refractivity contribution in [3.8, 4) is 11.1 Å². The Balaban J connectivity index is 0.958. The molecule has 7 rings (SSSR count). The van der Waals surface area contributed by atoms with E-state index in [4.69, 9.17) is 11.6 Å². The van der Waals surface area contributed by atoms with Gasteiger partial charge in [0, 0.05) is 104 Å². The van der Waals surface area contributed by atoms with E-state index in [1.165, 1.54) is 23.3 Å². The molecule has 0 aromatic heterocycles. The molecule has 0 unspecified atom stereocenters. The number of anilines is 2. The highest BCUT2D eigenvalue weighted by molar-refractivity contribution is 7.99. The number of nitrogens with zero attached hydrogens (tertiary/aromatic N) is 4. The van der Waals surface area contributed by atoms with Gasteiger partial charge in [-0.1, -0.05) is 66.2 Å². The van der Waals surface area contributed by atoms with Gasteiger partial charge in [-0.05, 0) is 83.8 Å². The summed E-state index contributed by atoms with van der Waals surface area (Å²) in [6.07, 6.45) is 0.0820. The van der Waals surface area contributed by atoms with Crippen LogP contribution in [-0.2, 0) is 16.6 Å². The van der Waals surface area contributed by atoms with E-state index in [2.05, 4.69) is 32.0 Å². The van der Waals surface area contributed by atoms with Gasteiger partial charge in [-0.15, -0.1) is 11.8 Å². The summed E-state index contributed by atoms with van der Waals surface area (Å²) in [5.41, 5.74) is 4.17. The molecule has 2 aliphatic rings. The summed E-state index contributed by atoms with van der Waals surface area (Å²) in [4.78, 5) is 32.0. The summed E-state index contributed by atoms with van der Waals surface area (Å²) in [6.45, 7) is 5.00. The predicted molar refractivity (Wildman–Crippen MR) is 238 cm³/mol. The molecule has 0 saturated carbocycles. The Hall–Kier alpha value is -5.06. The van der Waals surface area contributed by atoms with Crippen LogP contribution in [-0.4, -0.2) is 92.6 Å². The first-order valence-corrected chi connectivity index (χ1v) is 23.0. The molecule has 0 radical (unpaired) electrons. The van der Waals surface area contributed by atoms with Crippen molar-refractivity contribution in [2.24, 2.45) is 0 Å². The number of likely N-dealkylation sites (tertiary alicyclic amines) is 1. The number of benzene rings is 5. The number of nitrogens with one attached hydrogen (secondary N) is 2. The first kappa shape index (κ1) is 44.0. The lowest BCUT2D eigenvalue weighted by Crippen LogP contribution is -2.46. The summed E-state index contributed by atoms with van der Waals surface area (Å²) in [5, 5.41) is 16.2. The monoisotopic (exact) mass is 888 g/mol. The number of nitro benzene ring substituents is 1. The second-order valence-electron chi connectivity index (χ2n) is 15.3. The summed E-state index contributed by atoms with van der Waals surface area (Å²) >= 11 is 7.66. The molecule has 2 aliphatic heterocycles. The van der Waals surface area contributed by atoms with Crippen molar-refractivity contribution >= 4 is 56.4 Å². The fourth-order valence-electron chi connectivity index (χ4n) is 7.56. The van der Waals surface area contributed by atoms with Crippen LogP contribution in [0.3, 0.4) is 0 Å². The third kappa shape index (κ3) is 11.9. The van der Waals surface area contributed by atoms with E-state index in [1.807, 2.05) is 71.6 Å². The number of carbonyl (C=O) groups is 1. The van der Waals surface area contributed by atoms with Crippen molar-refractivity contribution < 1.29 is 26.9 Å². The van der Waals surface area contributed by atoms with E-state index in [0.717, 1.165) is 54.9 Å². The average molecular weight is 889 g/mol. The van der Waals surface area contributed by atoms with Gasteiger partial charge in [-0.2, -0.15) is 0 Å². The topological polar surface area (TPSA) is 128 Å². The lowest BCUT2D eigenvalue weighted by atomic mass is 9.99. The van der Waals surface area contributed by atoms with Crippen LogP contribution in [0.4, 0.5) is 25.8 Å². The highest BCUT2D eigenvalue weighted by Crippen LogP contribution is 2.32. The number of hydrogen-bond donors (Lipinski definition) is 2. The molecule has 5 aromatic rings. The van der Waals surface area contributed by atoms with Gasteiger partial charge < -0.3 is 15.1 Å². The Kier molecular flexibility index (Phi) is 14.3. The first-order chi connectivity index (χ1) is 29.3. The smallest absolute Gasteiger partial charge is 0.293 e. The number of sulfonamides is 1. The van der Waals surface area contributed by atoms with Crippen molar-refractivity contribution in [2.45, 2.75) is 47.6 Å². The molecule has 0 bridgehead atoms. The summed E-state index contributed by atoms with van der Waals surface area (Å²) in [7, 11) is -4.50. The number of piperazine rings is 1. The van der Waals surface area contributed by atoms with Gasteiger partial charge in [0.1, 0.15) is 5.69 Å². The molecule has 16 heteroatoms. The zero-order chi connectivity index (χ0) is 43.0. The number of piperidine rings is 1. The second-order valence-corrected chi connectivity index (χ2v) is 18.5. The van der Waals surface area contributed by atoms with Crippen LogP contribution in [0.15, 0.2) is 131 Å².